The van der Waals surface area contributed by atoms with E-state index in [0.717, 1.165) is 0 Å². The van der Waals surface area contributed by atoms with Gasteiger partial charge < -0.3 is 10.5 Å². The zero-order chi connectivity index (χ0) is 13.3. The summed E-state index contributed by atoms with van der Waals surface area (Å²) in [5.41, 5.74) is 4.98. The van der Waals surface area contributed by atoms with Gasteiger partial charge in [0.2, 0.25) is 0 Å². The van der Waals surface area contributed by atoms with Crippen molar-refractivity contribution in [3.63, 3.8) is 0 Å². The van der Waals surface area contributed by atoms with Gasteiger partial charge in [0, 0.05) is 13.2 Å². The Morgan fingerprint density at radius 2 is 2.06 bits per heavy atom. The summed E-state index contributed by atoms with van der Waals surface area (Å²) in [6, 6.07) is 0. The first kappa shape index (κ1) is 14.7. The minimum atomic E-state index is -4.58. The second-order valence-electron chi connectivity index (χ2n) is 4.21. The topological polar surface area (TPSA) is 69.4 Å². The van der Waals surface area contributed by atoms with E-state index in [1.54, 1.807) is 6.92 Å². The first-order valence-electron chi connectivity index (χ1n) is 5.28. The molecule has 2 N–H and O–H groups in total. The van der Waals surface area contributed by atoms with E-state index < -0.39 is 45.6 Å². The van der Waals surface area contributed by atoms with Gasteiger partial charge in [0.15, 0.2) is 9.84 Å². The summed E-state index contributed by atoms with van der Waals surface area (Å²) < 4.78 is 66.1. The fourth-order valence-electron chi connectivity index (χ4n) is 1.88. The molecule has 102 valence electrons. The highest BCUT2D eigenvalue weighted by Crippen LogP contribution is 2.30. The van der Waals surface area contributed by atoms with Gasteiger partial charge >= 0.3 is 6.18 Å². The van der Waals surface area contributed by atoms with Gasteiger partial charge in [-0.3, -0.25) is 0 Å². The third kappa shape index (κ3) is 3.56. The number of ether oxygens (including phenoxy) is 1. The Bertz CT molecular complexity index is 355. The molecule has 0 aliphatic carbocycles. The standard InChI is InChI=1S/C9H16F3NO3S/c1-6-8(2-3-16-6)17(14,15)5-7(4-13)9(10,11)12/h6-8H,2-5,13H2,1H3. The summed E-state index contributed by atoms with van der Waals surface area (Å²) in [6.45, 7) is 1.11. The first-order chi connectivity index (χ1) is 7.68. The van der Waals surface area contributed by atoms with Crippen LogP contribution >= 0.6 is 0 Å². The number of sulfone groups is 1. The molecule has 1 fully saturated rings. The quantitative estimate of drug-likeness (QED) is 0.820. The summed E-state index contributed by atoms with van der Waals surface area (Å²) in [4.78, 5) is 0. The van der Waals surface area contributed by atoms with Crippen molar-refractivity contribution < 1.29 is 26.3 Å². The molecule has 0 saturated carbocycles. The second-order valence-corrected chi connectivity index (χ2v) is 6.47. The predicted molar refractivity (Wildman–Crippen MR) is 56.2 cm³/mol. The lowest BCUT2D eigenvalue weighted by Gasteiger charge is -2.21. The Morgan fingerprint density at radius 3 is 2.41 bits per heavy atom. The van der Waals surface area contributed by atoms with Crippen LogP contribution in [0.1, 0.15) is 13.3 Å². The van der Waals surface area contributed by atoms with Crippen molar-refractivity contribution in [2.24, 2.45) is 11.7 Å². The molecule has 3 atom stereocenters. The molecule has 1 aliphatic heterocycles. The van der Waals surface area contributed by atoms with E-state index in [4.69, 9.17) is 10.5 Å². The van der Waals surface area contributed by atoms with Crippen LogP contribution in [0.15, 0.2) is 0 Å². The van der Waals surface area contributed by atoms with Gasteiger partial charge in [-0.2, -0.15) is 13.2 Å². The molecule has 1 saturated heterocycles. The van der Waals surface area contributed by atoms with Crippen molar-refractivity contribution in [3.8, 4) is 0 Å². The molecule has 0 aromatic carbocycles. The van der Waals surface area contributed by atoms with E-state index in [9.17, 15) is 21.6 Å². The summed E-state index contributed by atoms with van der Waals surface area (Å²) >= 11 is 0. The maximum absolute atomic E-state index is 12.5. The summed E-state index contributed by atoms with van der Waals surface area (Å²) in [5.74, 6) is -2.95. The molecule has 0 bridgehead atoms. The molecule has 17 heavy (non-hydrogen) atoms. The number of nitrogens with two attached hydrogens (primary N) is 1. The molecular weight excluding hydrogens is 259 g/mol. The van der Waals surface area contributed by atoms with E-state index in [-0.39, 0.29) is 13.0 Å². The van der Waals surface area contributed by atoms with E-state index in [0.29, 0.717) is 0 Å². The van der Waals surface area contributed by atoms with Crippen molar-refractivity contribution in [1.82, 2.24) is 0 Å². The van der Waals surface area contributed by atoms with Gasteiger partial charge in [-0.25, -0.2) is 8.42 Å². The smallest absolute Gasteiger partial charge is 0.377 e. The van der Waals surface area contributed by atoms with Crippen molar-refractivity contribution in [1.29, 1.82) is 0 Å². The molecular formula is C9H16F3NO3S. The fraction of sp³-hybridized carbons (Fsp3) is 1.00. The summed E-state index contributed by atoms with van der Waals surface area (Å²) in [7, 11) is -3.83. The highest BCUT2D eigenvalue weighted by molar-refractivity contribution is 7.92. The molecule has 0 radical (unpaired) electrons. The normalized spacial score (nSPS) is 28.3. The average molecular weight is 275 g/mol. The Labute approximate surface area is 98.2 Å². The monoisotopic (exact) mass is 275 g/mol. The van der Waals surface area contributed by atoms with Crippen LogP contribution in [0.25, 0.3) is 0 Å². The molecule has 1 aliphatic rings. The van der Waals surface area contributed by atoms with Crippen molar-refractivity contribution >= 4 is 9.84 Å². The van der Waals surface area contributed by atoms with Crippen LogP contribution in [0.2, 0.25) is 0 Å². The highest BCUT2D eigenvalue weighted by atomic mass is 32.2. The molecule has 4 nitrogen and oxygen atoms in total. The van der Waals surface area contributed by atoms with Crippen LogP contribution in [0.5, 0.6) is 0 Å². The molecule has 3 unspecified atom stereocenters. The van der Waals surface area contributed by atoms with E-state index in [2.05, 4.69) is 0 Å². The third-order valence-electron chi connectivity index (χ3n) is 2.95. The lowest BCUT2D eigenvalue weighted by atomic mass is 10.2. The van der Waals surface area contributed by atoms with Crippen LogP contribution < -0.4 is 5.73 Å². The first-order valence-corrected chi connectivity index (χ1v) is 7.00. The lowest BCUT2D eigenvalue weighted by Crippen LogP contribution is -2.40. The molecule has 1 heterocycles. The summed E-state index contributed by atoms with van der Waals surface area (Å²) in [6.07, 6.45) is -4.88. The van der Waals surface area contributed by atoms with E-state index in [1.165, 1.54) is 0 Å². The Hall–Kier alpha value is -0.340. The van der Waals surface area contributed by atoms with Gasteiger partial charge in [0.05, 0.1) is 23.0 Å². The number of hydrogen-bond donors (Lipinski definition) is 1. The number of alkyl halides is 3. The Kier molecular flexibility index (Phi) is 4.43. The van der Waals surface area contributed by atoms with Crippen molar-refractivity contribution in [2.45, 2.75) is 30.9 Å². The van der Waals surface area contributed by atoms with Gasteiger partial charge in [-0.15, -0.1) is 0 Å². The second kappa shape index (κ2) is 5.11. The average Bonchev–Trinajstić information content (AvgIpc) is 2.59. The number of rotatable bonds is 4. The molecule has 0 aromatic rings. The zero-order valence-corrected chi connectivity index (χ0v) is 10.2. The number of hydrogen-bond acceptors (Lipinski definition) is 4. The maximum atomic E-state index is 12.5. The van der Waals surface area contributed by atoms with Crippen molar-refractivity contribution in [2.75, 3.05) is 18.9 Å². The lowest BCUT2D eigenvalue weighted by molar-refractivity contribution is -0.165. The van der Waals surface area contributed by atoms with Gasteiger partial charge in [0.25, 0.3) is 0 Å². The van der Waals surface area contributed by atoms with Crippen LogP contribution in [0, 0.1) is 5.92 Å². The largest absolute Gasteiger partial charge is 0.393 e. The van der Waals surface area contributed by atoms with Crippen LogP contribution in [-0.4, -0.2) is 44.9 Å². The molecule has 1 rings (SSSR count). The molecule has 0 amide bonds. The SMILES string of the molecule is CC1OCCC1S(=O)(=O)CC(CN)C(F)(F)F. The zero-order valence-electron chi connectivity index (χ0n) is 9.40. The molecule has 0 spiro atoms. The third-order valence-corrected chi connectivity index (χ3v) is 5.36. The van der Waals surface area contributed by atoms with E-state index >= 15 is 0 Å². The predicted octanol–water partition coefficient (Wildman–Crippen LogP) is 0.716. The van der Waals surface area contributed by atoms with Gasteiger partial charge in [-0.1, -0.05) is 0 Å². The van der Waals surface area contributed by atoms with Crippen molar-refractivity contribution in [3.05, 3.63) is 0 Å². The summed E-state index contributed by atoms with van der Waals surface area (Å²) in [5, 5.41) is -0.848. The number of halogens is 3. The minimum Gasteiger partial charge on any atom is -0.377 e. The van der Waals surface area contributed by atoms with Crippen LogP contribution in [0.4, 0.5) is 13.2 Å². The Balaban J connectivity index is 2.78. The minimum absolute atomic E-state index is 0.249. The van der Waals surface area contributed by atoms with Gasteiger partial charge in [-0.05, 0) is 13.3 Å². The highest BCUT2D eigenvalue weighted by Gasteiger charge is 2.45. The van der Waals surface area contributed by atoms with Gasteiger partial charge in [0.1, 0.15) is 0 Å². The van der Waals surface area contributed by atoms with Crippen LogP contribution in [-0.2, 0) is 14.6 Å². The fourth-order valence-corrected chi connectivity index (χ4v) is 4.13. The van der Waals surface area contributed by atoms with Crippen LogP contribution in [0.3, 0.4) is 0 Å². The molecule has 0 aromatic heterocycles. The maximum Gasteiger partial charge on any atom is 0.393 e. The Morgan fingerprint density at radius 1 is 1.47 bits per heavy atom. The van der Waals surface area contributed by atoms with E-state index in [1.807, 2.05) is 0 Å². The molecule has 8 heteroatoms.